The van der Waals surface area contributed by atoms with Crippen LogP contribution >= 0.6 is 0 Å². The zero-order chi connectivity index (χ0) is 45.5. The average molecular weight is 889 g/mol. The zero-order valence-electron chi connectivity index (χ0n) is 37.6. The molecule has 0 saturated heterocycles. The molecule has 17 rings (SSSR count). The second-order valence-corrected chi connectivity index (χ2v) is 16.8. The van der Waals surface area contributed by atoms with Crippen molar-refractivity contribution in [3.8, 4) is 68.0 Å². The van der Waals surface area contributed by atoms with Crippen LogP contribution in [0.5, 0.6) is 23.0 Å². The SMILES string of the molecule is C1=CCCOc2ccc(cc2)-c2ccc3ccc4ccc(nc4c3n2)-c2ccc(cc2)OCCC=CCCOc2ccc(cc2)-c2ccc3ccc4ccc(nc4c3n2)-c2ccc(cc2)OCC1. The van der Waals surface area contributed by atoms with E-state index in [4.69, 9.17) is 38.9 Å². The van der Waals surface area contributed by atoms with E-state index in [2.05, 4.69) is 146 Å². The van der Waals surface area contributed by atoms with Gasteiger partial charge in [-0.2, -0.15) is 0 Å². The van der Waals surface area contributed by atoms with Crippen LogP contribution in [-0.4, -0.2) is 46.4 Å². The van der Waals surface area contributed by atoms with E-state index >= 15 is 0 Å². The Kier molecular flexibility index (Phi) is 12.2. The third kappa shape index (κ3) is 9.48. The Labute approximate surface area is 395 Å². The number of nitrogens with zero attached hydrogens (tertiary/aromatic N) is 4. The first-order valence-electron chi connectivity index (χ1n) is 23.3. The minimum absolute atomic E-state index is 0.583. The number of ether oxygens (including phenoxy) is 4. The number of hydrogen-bond donors (Lipinski definition) is 0. The zero-order valence-corrected chi connectivity index (χ0v) is 37.6. The molecule has 10 aromatic rings. The van der Waals surface area contributed by atoms with Gasteiger partial charge >= 0.3 is 0 Å². The van der Waals surface area contributed by atoms with Gasteiger partial charge in [-0.05, 0) is 147 Å². The molecule has 6 aromatic carbocycles. The maximum atomic E-state index is 6.08. The summed E-state index contributed by atoms with van der Waals surface area (Å²) in [6.45, 7) is 2.33. The van der Waals surface area contributed by atoms with Gasteiger partial charge in [0.25, 0.3) is 0 Å². The summed E-state index contributed by atoms with van der Waals surface area (Å²) in [4.78, 5) is 20.6. The summed E-state index contributed by atoms with van der Waals surface area (Å²) in [6.07, 6.45) is 11.8. The predicted octanol–water partition coefficient (Wildman–Crippen LogP) is 14.4. The number of hydrogen-bond acceptors (Lipinski definition) is 8. The summed E-state index contributed by atoms with van der Waals surface area (Å²) in [6, 6.07) is 57.8. The molecule has 0 amide bonds. The van der Waals surface area contributed by atoms with Gasteiger partial charge in [-0.15, -0.1) is 0 Å². The molecule has 0 atom stereocenters. The third-order valence-electron chi connectivity index (χ3n) is 12.2. The Hall–Kier alpha value is -8.36. The first kappa shape index (κ1) is 42.3. The number of rotatable bonds is 0. The summed E-state index contributed by atoms with van der Waals surface area (Å²) in [5.41, 5.74) is 11.1. The Morgan fingerprint density at radius 3 is 0.662 bits per heavy atom. The molecule has 0 radical (unpaired) electrons. The lowest BCUT2D eigenvalue weighted by Crippen LogP contribution is -1.97. The number of pyridine rings is 4. The van der Waals surface area contributed by atoms with Crippen LogP contribution in [0.1, 0.15) is 25.7 Å². The quantitative estimate of drug-likeness (QED) is 0.110. The minimum atomic E-state index is 0.583. The topological polar surface area (TPSA) is 88.5 Å². The number of aromatic nitrogens is 4. The highest BCUT2D eigenvalue weighted by Crippen LogP contribution is 2.32. The molecular formula is C60H48N4O4. The molecule has 0 fully saturated rings. The first-order valence-corrected chi connectivity index (χ1v) is 23.3. The van der Waals surface area contributed by atoms with Crippen molar-refractivity contribution in [2.45, 2.75) is 25.7 Å². The van der Waals surface area contributed by atoms with Crippen molar-refractivity contribution in [1.82, 2.24) is 19.9 Å². The maximum Gasteiger partial charge on any atom is 0.119 e. The van der Waals surface area contributed by atoms with E-state index in [1.807, 2.05) is 48.5 Å². The summed E-state index contributed by atoms with van der Waals surface area (Å²) in [7, 11) is 0. The van der Waals surface area contributed by atoms with Crippen LogP contribution in [-0.2, 0) is 0 Å². The normalized spacial score (nSPS) is 13.8. The molecule has 0 saturated carbocycles. The molecule has 7 aliphatic rings. The van der Waals surface area contributed by atoms with E-state index in [1.54, 1.807) is 0 Å². The lowest BCUT2D eigenvalue weighted by atomic mass is 10.1. The van der Waals surface area contributed by atoms with Crippen LogP contribution in [0.4, 0.5) is 0 Å². The van der Waals surface area contributed by atoms with Gasteiger partial charge in [0.05, 0.1) is 71.3 Å². The lowest BCUT2D eigenvalue weighted by Gasteiger charge is -2.10. The maximum absolute atomic E-state index is 6.08. The fourth-order valence-corrected chi connectivity index (χ4v) is 8.52. The summed E-state index contributed by atoms with van der Waals surface area (Å²) in [5, 5.41) is 4.18. The van der Waals surface area contributed by atoms with Crippen LogP contribution in [0.25, 0.3) is 88.6 Å². The Morgan fingerprint density at radius 2 is 0.441 bits per heavy atom. The van der Waals surface area contributed by atoms with Crippen molar-refractivity contribution < 1.29 is 18.9 Å². The average Bonchev–Trinajstić information content (AvgIpc) is 3.40. The molecular weight excluding hydrogens is 841 g/mol. The highest BCUT2D eigenvalue weighted by molar-refractivity contribution is 6.05. The Balaban J connectivity index is 0.804. The fourth-order valence-electron chi connectivity index (χ4n) is 8.52. The van der Waals surface area contributed by atoms with Gasteiger partial charge in [-0.25, -0.2) is 19.9 Å². The van der Waals surface area contributed by atoms with E-state index < -0.39 is 0 Å². The second kappa shape index (κ2) is 19.6. The lowest BCUT2D eigenvalue weighted by molar-refractivity contribution is 0.321. The molecule has 0 aliphatic carbocycles. The smallest absolute Gasteiger partial charge is 0.119 e. The van der Waals surface area contributed by atoms with Crippen molar-refractivity contribution >= 4 is 43.6 Å². The van der Waals surface area contributed by atoms with Crippen LogP contribution < -0.4 is 18.9 Å². The molecule has 16 bridgehead atoms. The molecule has 0 spiro atoms. The molecule has 0 unspecified atom stereocenters. The van der Waals surface area contributed by atoms with Crippen LogP contribution in [0.3, 0.4) is 0 Å². The third-order valence-corrected chi connectivity index (χ3v) is 12.2. The highest BCUT2D eigenvalue weighted by atomic mass is 16.5. The molecule has 0 N–H and O–H groups in total. The van der Waals surface area contributed by atoms with Gasteiger partial charge in [0.1, 0.15) is 23.0 Å². The van der Waals surface area contributed by atoms with Crippen LogP contribution in [0, 0.1) is 0 Å². The molecule has 8 heteroatoms. The Morgan fingerprint density at radius 1 is 0.235 bits per heavy atom. The molecule has 11 heterocycles. The van der Waals surface area contributed by atoms with Gasteiger partial charge in [0, 0.05) is 43.8 Å². The monoisotopic (exact) mass is 888 g/mol. The Bertz CT molecular complexity index is 2980. The standard InChI is InChI=1S/C60H48N4O4/c1-2-6-38-66-50-27-15-42(16-28-50)54-34-22-46-11-12-48-24-36-56(64-60(48)59(46)62-54)44-19-31-52(32-20-44)68-40-8-4-3-7-39-67-51-29-17-43(18-30-51)55-35-23-47-10-9-45-21-33-53(61-57(45)58(47)63-55)41-13-25-49(26-14-41)65-37-5-1/h1-4,9-36H,5-8,37-40H2. The second-order valence-electron chi connectivity index (χ2n) is 16.8. The van der Waals surface area contributed by atoms with E-state index in [9.17, 15) is 0 Å². The molecule has 8 nitrogen and oxygen atoms in total. The van der Waals surface area contributed by atoms with E-state index in [1.165, 1.54) is 0 Å². The van der Waals surface area contributed by atoms with Crippen molar-refractivity contribution in [2.75, 3.05) is 26.4 Å². The molecule has 332 valence electrons. The van der Waals surface area contributed by atoms with Crippen molar-refractivity contribution in [3.63, 3.8) is 0 Å². The van der Waals surface area contributed by atoms with Crippen LogP contribution in [0.2, 0.25) is 0 Å². The van der Waals surface area contributed by atoms with Gasteiger partial charge in [0.2, 0.25) is 0 Å². The highest BCUT2D eigenvalue weighted by Gasteiger charge is 2.12. The van der Waals surface area contributed by atoms with Gasteiger partial charge in [-0.1, -0.05) is 72.8 Å². The molecule has 4 aromatic heterocycles. The van der Waals surface area contributed by atoms with Gasteiger partial charge in [0.15, 0.2) is 0 Å². The van der Waals surface area contributed by atoms with Gasteiger partial charge in [-0.3, -0.25) is 0 Å². The summed E-state index contributed by atoms with van der Waals surface area (Å²) in [5.74, 6) is 3.30. The van der Waals surface area contributed by atoms with Crippen LogP contribution in [0.15, 0.2) is 194 Å². The first-order chi connectivity index (χ1) is 33.7. The van der Waals surface area contributed by atoms with Crippen molar-refractivity contribution in [3.05, 3.63) is 194 Å². The molecule has 68 heavy (non-hydrogen) atoms. The summed E-state index contributed by atoms with van der Waals surface area (Å²) >= 11 is 0. The predicted molar refractivity (Wildman–Crippen MR) is 275 cm³/mol. The van der Waals surface area contributed by atoms with Gasteiger partial charge < -0.3 is 18.9 Å². The van der Waals surface area contributed by atoms with Crippen molar-refractivity contribution in [1.29, 1.82) is 0 Å². The van der Waals surface area contributed by atoms with E-state index in [0.29, 0.717) is 26.4 Å². The van der Waals surface area contributed by atoms with E-state index in [-0.39, 0.29) is 0 Å². The number of benzene rings is 6. The molecule has 7 aliphatic heterocycles. The summed E-state index contributed by atoms with van der Waals surface area (Å²) < 4.78 is 24.3. The van der Waals surface area contributed by atoms with E-state index in [0.717, 1.165) is 137 Å². The fraction of sp³-hybridized carbons (Fsp3) is 0.133. The minimum Gasteiger partial charge on any atom is -0.493 e. The largest absolute Gasteiger partial charge is 0.493 e. The van der Waals surface area contributed by atoms with Crippen molar-refractivity contribution in [2.24, 2.45) is 0 Å².